The first kappa shape index (κ1) is 15.2. The summed E-state index contributed by atoms with van der Waals surface area (Å²) >= 11 is 3.31. The van der Waals surface area contributed by atoms with E-state index in [-0.39, 0.29) is 11.6 Å². The number of carbonyl (C=O) groups excluding carboxylic acids is 1. The second-order valence-electron chi connectivity index (χ2n) is 4.67. The van der Waals surface area contributed by atoms with Crippen LogP contribution in [0.2, 0.25) is 0 Å². The van der Waals surface area contributed by atoms with Gasteiger partial charge in [-0.2, -0.15) is 0 Å². The van der Waals surface area contributed by atoms with Gasteiger partial charge in [0.05, 0.1) is 4.92 Å². The second-order valence-corrected chi connectivity index (χ2v) is 5.59. The number of benzene rings is 2. The third-order valence-electron chi connectivity index (χ3n) is 3.09. The molecular weight excluding hydrogens is 336 g/mol. The summed E-state index contributed by atoms with van der Waals surface area (Å²) in [6.07, 6.45) is 0. The lowest BCUT2D eigenvalue weighted by molar-refractivity contribution is -0.385. The molecule has 5 nitrogen and oxygen atoms in total. The smallest absolute Gasteiger partial charge is 0.272 e. The Balaban J connectivity index is 2.27. The fourth-order valence-corrected chi connectivity index (χ4v) is 2.19. The Bertz CT molecular complexity index is 712. The van der Waals surface area contributed by atoms with Gasteiger partial charge in [0, 0.05) is 27.4 Å². The molecule has 2 aromatic carbocycles. The molecule has 108 valence electrons. The van der Waals surface area contributed by atoms with E-state index in [2.05, 4.69) is 21.2 Å². The number of hydrogen-bond donors (Lipinski definition) is 1. The number of nitrogens with one attached hydrogen (secondary N) is 1. The monoisotopic (exact) mass is 348 g/mol. The Hall–Kier alpha value is -2.21. The third kappa shape index (κ3) is 3.46. The van der Waals surface area contributed by atoms with Crippen molar-refractivity contribution in [3.63, 3.8) is 0 Å². The summed E-state index contributed by atoms with van der Waals surface area (Å²) in [5.41, 5.74) is 2.31. The molecule has 0 saturated heterocycles. The van der Waals surface area contributed by atoms with Gasteiger partial charge in [0.1, 0.15) is 0 Å². The van der Waals surface area contributed by atoms with Crippen LogP contribution in [-0.4, -0.2) is 10.8 Å². The Morgan fingerprint density at radius 1 is 1.14 bits per heavy atom. The first-order valence-electron chi connectivity index (χ1n) is 6.21. The number of carbonyl (C=O) groups is 1. The minimum absolute atomic E-state index is 0.0501. The number of nitro groups is 1. The van der Waals surface area contributed by atoms with Crippen LogP contribution in [0.15, 0.2) is 40.9 Å². The molecule has 0 atom stereocenters. The molecule has 0 unspecified atom stereocenters. The summed E-state index contributed by atoms with van der Waals surface area (Å²) in [5, 5.41) is 13.7. The molecule has 0 aliphatic rings. The summed E-state index contributed by atoms with van der Waals surface area (Å²) in [7, 11) is 0. The van der Waals surface area contributed by atoms with Crippen LogP contribution in [0, 0.1) is 24.0 Å². The van der Waals surface area contributed by atoms with Gasteiger partial charge in [0.25, 0.3) is 11.6 Å². The van der Waals surface area contributed by atoms with Crippen LogP contribution in [-0.2, 0) is 0 Å². The molecule has 0 heterocycles. The molecular formula is C15H13BrN2O3. The van der Waals surface area contributed by atoms with Crippen LogP contribution in [0.4, 0.5) is 11.4 Å². The lowest BCUT2D eigenvalue weighted by Crippen LogP contribution is -2.13. The fraction of sp³-hybridized carbons (Fsp3) is 0.133. The highest BCUT2D eigenvalue weighted by atomic mass is 79.9. The maximum atomic E-state index is 12.1. The summed E-state index contributed by atoms with van der Waals surface area (Å²) in [4.78, 5) is 22.6. The highest BCUT2D eigenvalue weighted by molar-refractivity contribution is 9.10. The SMILES string of the molecule is Cc1cc([N+](=O)[O-])c(C)cc1NC(=O)c1ccc(Br)cc1. The van der Waals surface area contributed by atoms with Crippen molar-refractivity contribution in [2.45, 2.75) is 13.8 Å². The number of hydrogen-bond acceptors (Lipinski definition) is 3. The summed E-state index contributed by atoms with van der Waals surface area (Å²) in [6.45, 7) is 3.37. The zero-order valence-corrected chi connectivity index (χ0v) is 13.1. The Morgan fingerprint density at radius 2 is 1.76 bits per heavy atom. The average Bonchev–Trinajstić information content (AvgIpc) is 2.42. The largest absolute Gasteiger partial charge is 0.322 e. The molecule has 0 aromatic heterocycles. The van der Waals surface area contributed by atoms with Crippen LogP contribution in [0.25, 0.3) is 0 Å². The van der Waals surface area contributed by atoms with Crippen LogP contribution in [0.3, 0.4) is 0 Å². The van der Waals surface area contributed by atoms with Crippen molar-refractivity contribution in [2.75, 3.05) is 5.32 Å². The molecule has 0 bridgehead atoms. The van der Waals surface area contributed by atoms with Crippen LogP contribution >= 0.6 is 15.9 Å². The van der Waals surface area contributed by atoms with Crippen molar-refractivity contribution in [3.05, 3.63) is 67.7 Å². The van der Waals surface area contributed by atoms with Gasteiger partial charge in [-0.3, -0.25) is 14.9 Å². The lowest BCUT2D eigenvalue weighted by Gasteiger charge is -2.10. The maximum absolute atomic E-state index is 12.1. The molecule has 2 aromatic rings. The van der Waals surface area contributed by atoms with Crippen molar-refractivity contribution < 1.29 is 9.72 Å². The van der Waals surface area contributed by atoms with E-state index in [1.807, 2.05) is 0 Å². The van der Waals surface area contributed by atoms with Gasteiger partial charge in [0.15, 0.2) is 0 Å². The van der Waals surface area contributed by atoms with E-state index in [4.69, 9.17) is 0 Å². The molecule has 1 N–H and O–H groups in total. The summed E-state index contributed by atoms with van der Waals surface area (Å²) in [6, 6.07) is 10.0. The quantitative estimate of drug-likeness (QED) is 0.666. The molecule has 0 radical (unpaired) electrons. The van der Waals surface area contributed by atoms with Crippen LogP contribution < -0.4 is 5.32 Å². The zero-order valence-electron chi connectivity index (χ0n) is 11.5. The van der Waals surface area contributed by atoms with E-state index < -0.39 is 4.92 Å². The molecule has 0 aliphatic heterocycles. The van der Waals surface area contributed by atoms with Gasteiger partial charge < -0.3 is 5.32 Å². The van der Waals surface area contributed by atoms with E-state index in [0.717, 1.165) is 4.47 Å². The molecule has 0 aliphatic carbocycles. The first-order chi connectivity index (χ1) is 9.88. The molecule has 2 rings (SSSR count). The first-order valence-corrected chi connectivity index (χ1v) is 7.00. The molecule has 0 fully saturated rings. The third-order valence-corrected chi connectivity index (χ3v) is 3.62. The number of nitrogens with zero attached hydrogens (tertiary/aromatic N) is 1. The van der Waals surface area contributed by atoms with E-state index in [9.17, 15) is 14.9 Å². The average molecular weight is 349 g/mol. The zero-order chi connectivity index (χ0) is 15.6. The fourth-order valence-electron chi connectivity index (χ4n) is 1.93. The van der Waals surface area contributed by atoms with Gasteiger partial charge in [-0.25, -0.2) is 0 Å². The molecule has 0 saturated carbocycles. The number of anilines is 1. The number of amides is 1. The second kappa shape index (κ2) is 6.05. The van der Waals surface area contributed by atoms with E-state index in [1.165, 1.54) is 6.07 Å². The van der Waals surface area contributed by atoms with Gasteiger partial charge in [0.2, 0.25) is 0 Å². The van der Waals surface area contributed by atoms with Gasteiger partial charge >= 0.3 is 0 Å². The Kier molecular flexibility index (Phi) is 4.37. The lowest BCUT2D eigenvalue weighted by atomic mass is 10.1. The maximum Gasteiger partial charge on any atom is 0.272 e. The van der Waals surface area contributed by atoms with Crippen LogP contribution in [0.1, 0.15) is 21.5 Å². The van der Waals surface area contributed by atoms with Crippen molar-refractivity contribution >= 4 is 33.2 Å². The van der Waals surface area contributed by atoms with Gasteiger partial charge in [-0.1, -0.05) is 15.9 Å². The van der Waals surface area contributed by atoms with Crippen molar-refractivity contribution in [3.8, 4) is 0 Å². The summed E-state index contributed by atoms with van der Waals surface area (Å²) in [5.74, 6) is -0.251. The number of halogens is 1. The predicted molar refractivity (Wildman–Crippen MR) is 84.7 cm³/mol. The molecule has 21 heavy (non-hydrogen) atoms. The topological polar surface area (TPSA) is 72.2 Å². The van der Waals surface area contributed by atoms with Crippen molar-refractivity contribution in [2.24, 2.45) is 0 Å². The van der Waals surface area contributed by atoms with E-state index in [1.54, 1.807) is 44.2 Å². The van der Waals surface area contributed by atoms with Gasteiger partial charge in [-0.15, -0.1) is 0 Å². The molecule has 1 amide bonds. The molecule has 6 heteroatoms. The normalized spacial score (nSPS) is 10.2. The highest BCUT2D eigenvalue weighted by Gasteiger charge is 2.15. The summed E-state index contributed by atoms with van der Waals surface area (Å²) < 4.78 is 0.890. The van der Waals surface area contributed by atoms with E-state index >= 15 is 0 Å². The van der Waals surface area contributed by atoms with E-state index in [0.29, 0.717) is 22.4 Å². The van der Waals surface area contributed by atoms with Crippen molar-refractivity contribution in [1.82, 2.24) is 0 Å². The molecule has 0 spiro atoms. The van der Waals surface area contributed by atoms with Crippen LogP contribution in [0.5, 0.6) is 0 Å². The number of aryl methyl sites for hydroxylation is 2. The number of rotatable bonds is 3. The predicted octanol–water partition coefficient (Wildman–Crippen LogP) is 4.23. The minimum Gasteiger partial charge on any atom is -0.322 e. The standard InChI is InChI=1S/C15H13BrN2O3/c1-9-8-14(18(20)21)10(2)7-13(9)17-15(19)11-3-5-12(16)6-4-11/h3-8H,1-2H3,(H,17,19). The van der Waals surface area contributed by atoms with Gasteiger partial charge in [-0.05, 0) is 49.7 Å². The Labute approximate surface area is 130 Å². The van der Waals surface area contributed by atoms with Crippen molar-refractivity contribution in [1.29, 1.82) is 0 Å². The number of nitro benzene ring substituents is 1. The minimum atomic E-state index is -0.428. The highest BCUT2D eigenvalue weighted by Crippen LogP contribution is 2.26. The Morgan fingerprint density at radius 3 is 2.33 bits per heavy atom.